The second-order valence-corrected chi connectivity index (χ2v) is 3.35. The van der Waals surface area contributed by atoms with Crippen LogP contribution in [0.25, 0.3) is 0 Å². The molecule has 3 N–H and O–H groups in total. The van der Waals surface area contributed by atoms with E-state index in [1.807, 2.05) is 20.9 Å². The average molecular weight is 174 g/mol. The van der Waals surface area contributed by atoms with Crippen molar-refractivity contribution in [1.82, 2.24) is 5.32 Å². The standard InChI is InChI=1S/C8H18N2O2/c1-8(2,6-7(9)11)12-5-4-10-3/h10H,4-6H2,1-3H3,(H2,9,11). The summed E-state index contributed by atoms with van der Waals surface area (Å²) in [6.07, 6.45) is 0.261. The topological polar surface area (TPSA) is 64.3 Å². The first kappa shape index (κ1) is 11.4. The van der Waals surface area contributed by atoms with E-state index in [0.29, 0.717) is 6.61 Å². The maximum absolute atomic E-state index is 10.6. The number of hydrogen-bond acceptors (Lipinski definition) is 3. The second kappa shape index (κ2) is 5.11. The van der Waals surface area contributed by atoms with E-state index in [1.54, 1.807) is 0 Å². The zero-order valence-electron chi connectivity index (χ0n) is 8.02. The van der Waals surface area contributed by atoms with Crippen LogP contribution < -0.4 is 11.1 Å². The summed E-state index contributed by atoms with van der Waals surface area (Å²) < 4.78 is 5.42. The molecule has 0 aromatic heterocycles. The first-order valence-corrected chi connectivity index (χ1v) is 4.05. The number of ether oxygens (including phenoxy) is 1. The number of nitrogens with two attached hydrogens (primary N) is 1. The van der Waals surface area contributed by atoms with E-state index in [1.165, 1.54) is 0 Å². The van der Waals surface area contributed by atoms with Crippen LogP contribution in [0.5, 0.6) is 0 Å². The van der Waals surface area contributed by atoms with E-state index in [-0.39, 0.29) is 12.3 Å². The van der Waals surface area contributed by atoms with E-state index in [2.05, 4.69) is 5.32 Å². The summed E-state index contributed by atoms with van der Waals surface area (Å²) in [7, 11) is 1.85. The molecule has 0 rings (SSSR count). The molecule has 0 atom stereocenters. The largest absolute Gasteiger partial charge is 0.374 e. The molecule has 0 aromatic rings. The van der Waals surface area contributed by atoms with Crippen LogP contribution in [-0.2, 0) is 9.53 Å². The van der Waals surface area contributed by atoms with Gasteiger partial charge in [-0.3, -0.25) is 4.79 Å². The number of primary amides is 1. The molecule has 0 fully saturated rings. The molecule has 0 saturated carbocycles. The van der Waals surface area contributed by atoms with Crippen LogP contribution in [0.4, 0.5) is 0 Å². The van der Waals surface area contributed by atoms with Crippen LogP contribution >= 0.6 is 0 Å². The molecular formula is C8H18N2O2. The maximum Gasteiger partial charge on any atom is 0.220 e. The van der Waals surface area contributed by atoms with Crippen molar-refractivity contribution in [1.29, 1.82) is 0 Å². The van der Waals surface area contributed by atoms with Gasteiger partial charge in [-0.25, -0.2) is 0 Å². The molecule has 1 amide bonds. The van der Waals surface area contributed by atoms with Crippen molar-refractivity contribution in [2.75, 3.05) is 20.2 Å². The fraction of sp³-hybridized carbons (Fsp3) is 0.875. The number of likely N-dealkylation sites (N-methyl/N-ethyl adjacent to an activating group) is 1. The first-order valence-electron chi connectivity index (χ1n) is 4.05. The molecule has 0 aliphatic carbocycles. The quantitative estimate of drug-likeness (QED) is 0.552. The number of amides is 1. The fourth-order valence-corrected chi connectivity index (χ4v) is 0.900. The normalized spacial score (nSPS) is 11.6. The number of rotatable bonds is 6. The highest BCUT2D eigenvalue weighted by molar-refractivity contribution is 5.74. The van der Waals surface area contributed by atoms with Crippen molar-refractivity contribution in [3.05, 3.63) is 0 Å². The molecule has 0 aliphatic rings. The molecule has 0 spiro atoms. The monoisotopic (exact) mass is 174 g/mol. The number of carbonyl (C=O) groups excluding carboxylic acids is 1. The van der Waals surface area contributed by atoms with Gasteiger partial charge in [-0.15, -0.1) is 0 Å². The van der Waals surface area contributed by atoms with Crippen molar-refractivity contribution in [3.8, 4) is 0 Å². The molecule has 0 unspecified atom stereocenters. The minimum atomic E-state index is -0.442. The van der Waals surface area contributed by atoms with Crippen molar-refractivity contribution in [2.45, 2.75) is 25.9 Å². The van der Waals surface area contributed by atoms with Crippen molar-refractivity contribution in [2.24, 2.45) is 5.73 Å². The molecule has 0 bridgehead atoms. The summed E-state index contributed by atoms with van der Waals surface area (Å²) in [5.41, 5.74) is 4.61. The highest BCUT2D eigenvalue weighted by Gasteiger charge is 2.20. The van der Waals surface area contributed by atoms with Gasteiger partial charge in [-0.1, -0.05) is 0 Å². The van der Waals surface area contributed by atoms with Crippen molar-refractivity contribution in [3.63, 3.8) is 0 Å². The summed E-state index contributed by atoms with van der Waals surface area (Å²) >= 11 is 0. The van der Waals surface area contributed by atoms with Crippen LogP contribution in [0.15, 0.2) is 0 Å². The zero-order valence-corrected chi connectivity index (χ0v) is 8.02. The van der Waals surface area contributed by atoms with Gasteiger partial charge in [0.1, 0.15) is 0 Å². The molecule has 12 heavy (non-hydrogen) atoms. The molecular weight excluding hydrogens is 156 g/mol. The minimum absolute atomic E-state index is 0.261. The van der Waals surface area contributed by atoms with E-state index in [9.17, 15) is 4.79 Å². The highest BCUT2D eigenvalue weighted by atomic mass is 16.5. The smallest absolute Gasteiger partial charge is 0.220 e. The van der Waals surface area contributed by atoms with Crippen LogP contribution in [0, 0.1) is 0 Å². The third kappa shape index (κ3) is 6.12. The van der Waals surface area contributed by atoms with Gasteiger partial charge in [0.2, 0.25) is 5.91 Å². The summed E-state index contributed by atoms with van der Waals surface area (Å²) in [5.74, 6) is -0.329. The lowest BCUT2D eigenvalue weighted by molar-refractivity contribution is -0.124. The number of nitrogens with one attached hydrogen (secondary N) is 1. The van der Waals surface area contributed by atoms with E-state index >= 15 is 0 Å². The SMILES string of the molecule is CNCCOC(C)(C)CC(N)=O. The molecule has 0 saturated heterocycles. The van der Waals surface area contributed by atoms with E-state index in [0.717, 1.165) is 6.54 Å². The molecule has 0 heterocycles. The van der Waals surface area contributed by atoms with Gasteiger partial charge in [-0.2, -0.15) is 0 Å². The molecule has 4 nitrogen and oxygen atoms in total. The molecule has 0 aliphatic heterocycles. The lowest BCUT2D eigenvalue weighted by Gasteiger charge is -2.23. The minimum Gasteiger partial charge on any atom is -0.374 e. The van der Waals surface area contributed by atoms with Crippen LogP contribution in [0.2, 0.25) is 0 Å². The van der Waals surface area contributed by atoms with Gasteiger partial charge < -0.3 is 15.8 Å². The van der Waals surface area contributed by atoms with E-state index < -0.39 is 5.60 Å². The predicted octanol–water partition coefficient (Wildman–Crippen LogP) is -0.124. The summed E-state index contributed by atoms with van der Waals surface area (Å²) in [6.45, 7) is 5.08. The second-order valence-electron chi connectivity index (χ2n) is 3.35. The van der Waals surface area contributed by atoms with Gasteiger partial charge in [-0.05, 0) is 20.9 Å². The average Bonchev–Trinajstić information content (AvgIpc) is 1.84. The summed E-state index contributed by atoms with van der Waals surface area (Å²) in [5, 5.41) is 2.95. The molecule has 72 valence electrons. The Morgan fingerprint density at radius 1 is 1.58 bits per heavy atom. The first-order chi connectivity index (χ1) is 5.48. The Hall–Kier alpha value is -0.610. The Morgan fingerprint density at radius 2 is 2.17 bits per heavy atom. The maximum atomic E-state index is 10.6. The van der Waals surface area contributed by atoms with Gasteiger partial charge >= 0.3 is 0 Å². The number of carbonyl (C=O) groups is 1. The van der Waals surface area contributed by atoms with Crippen LogP contribution in [0.3, 0.4) is 0 Å². The Morgan fingerprint density at radius 3 is 2.58 bits per heavy atom. The highest BCUT2D eigenvalue weighted by Crippen LogP contribution is 2.12. The van der Waals surface area contributed by atoms with Crippen molar-refractivity contribution < 1.29 is 9.53 Å². The molecule has 0 radical (unpaired) electrons. The van der Waals surface area contributed by atoms with Gasteiger partial charge in [0.05, 0.1) is 18.6 Å². The van der Waals surface area contributed by atoms with Gasteiger partial charge in [0.25, 0.3) is 0 Å². The lowest BCUT2D eigenvalue weighted by Crippen LogP contribution is -2.33. The molecule has 0 aromatic carbocycles. The third-order valence-electron chi connectivity index (χ3n) is 1.44. The third-order valence-corrected chi connectivity index (χ3v) is 1.44. The van der Waals surface area contributed by atoms with Crippen LogP contribution in [-0.4, -0.2) is 31.7 Å². The lowest BCUT2D eigenvalue weighted by atomic mass is 10.1. The predicted molar refractivity (Wildman–Crippen MR) is 47.8 cm³/mol. The fourth-order valence-electron chi connectivity index (χ4n) is 0.900. The Labute approximate surface area is 73.5 Å². The zero-order chi connectivity index (χ0) is 9.61. The Kier molecular flexibility index (Phi) is 4.85. The number of hydrogen-bond donors (Lipinski definition) is 2. The van der Waals surface area contributed by atoms with Gasteiger partial charge in [0, 0.05) is 6.54 Å². The van der Waals surface area contributed by atoms with Gasteiger partial charge in [0.15, 0.2) is 0 Å². The van der Waals surface area contributed by atoms with Crippen molar-refractivity contribution >= 4 is 5.91 Å². The van der Waals surface area contributed by atoms with Crippen LogP contribution in [0.1, 0.15) is 20.3 Å². The Balaban J connectivity index is 3.63. The van der Waals surface area contributed by atoms with E-state index in [4.69, 9.17) is 10.5 Å². The molecule has 4 heteroatoms. The summed E-state index contributed by atoms with van der Waals surface area (Å²) in [4.78, 5) is 10.6. The summed E-state index contributed by atoms with van der Waals surface area (Å²) in [6, 6.07) is 0. The Bertz CT molecular complexity index is 146.